The highest BCUT2D eigenvalue weighted by Crippen LogP contribution is 2.12. The van der Waals surface area contributed by atoms with E-state index in [-0.39, 0.29) is 30.2 Å². The average Bonchev–Trinajstić information content (AvgIpc) is 2.55. The number of aliphatic carboxylic acids is 1. The largest absolute Gasteiger partial charge is 0.480 e. The summed E-state index contributed by atoms with van der Waals surface area (Å²) in [6, 6.07) is 4.74. The molecule has 1 aromatic carbocycles. The molecule has 0 bridgehead atoms. The molecule has 0 unspecified atom stereocenters. The number of carbonyl (C=O) groups is 2. The molecule has 1 atom stereocenters. The highest BCUT2D eigenvalue weighted by molar-refractivity contribution is 7.89. The first-order valence-electron chi connectivity index (χ1n) is 8.92. The first-order chi connectivity index (χ1) is 13.3. The Morgan fingerprint density at radius 3 is 2.34 bits per heavy atom. The number of aliphatic imine (C=N–C) groups is 1. The zero-order valence-corrected chi connectivity index (χ0v) is 17.7. The number of nitrogens with zero attached hydrogens (tertiary/aromatic N) is 1. The molecule has 0 saturated carbocycles. The van der Waals surface area contributed by atoms with Crippen molar-refractivity contribution >= 4 is 28.0 Å². The van der Waals surface area contributed by atoms with Gasteiger partial charge in [-0.05, 0) is 52.7 Å². The molecule has 0 heterocycles. The number of benzene rings is 1. The number of sulfonamides is 1. The number of nitrogens with one attached hydrogen (secondary N) is 2. The minimum absolute atomic E-state index is 0.0103. The Balaban J connectivity index is 2.59. The predicted molar refractivity (Wildman–Crippen MR) is 108 cm³/mol. The maximum absolute atomic E-state index is 12.4. The summed E-state index contributed by atoms with van der Waals surface area (Å²) < 4.78 is 31.9. The van der Waals surface area contributed by atoms with Crippen LogP contribution in [0, 0.1) is 6.92 Å². The summed E-state index contributed by atoms with van der Waals surface area (Å²) in [5.41, 5.74) is 5.77. The van der Waals surface area contributed by atoms with Crippen LogP contribution in [0.3, 0.4) is 0 Å². The molecule has 11 heteroatoms. The van der Waals surface area contributed by atoms with Crippen molar-refractivity contribution in [1.29, 1.82) is 0 Å². The fourth-order valence-corrected chi connectivity index (χ4v) is 3.37. The van der Waals surface area contributed by atoms with E-state index in [9.17, 15) is 23.1 Å². The minimum Gasteiger partial charge on any atom is -0.480 e. The van der Waals surface area contributed by atoms with Crippen LogP contribution in [0.5, 0.6) is 0 Å². The molecule has 29 heavy (non-hydrogen) atoms. The van der Waals surface area contributed by atoms with Gasteiger partial charge in [-0.25, -0.2) is 13.2 Å². The van der Waals surface area contributed by atoms with E-state index in [1.807, 2.05) is 6.92 Å². The Hall–Kier alpha value is -2.66. The van der Waals surface area contributed by atoms with Crippen LogP contribution in [0.2, 0.25) is 0 Å². The van der Waals surface area contributed by atoms with Crippen molar-refractivity contribution in [3.63, 3.8) is 0 Å². The van der Waals surface area contributed by atoms with Gasteiger partial charge in [0.05, 0.1) is 4.90 Å². The molecular weight excluding hydrogens is 400 g/mol. The highest BCUT2D eigenvalue weighted by atomic mass is 32.2. The zero-order chi connectivity index (χ0) is 22.2. The Bertz CT molecular complexity index is 844. The van der Waals surface area contributed by atoms with Crippen LogP contribution in [0.1, 0.15) is 39.2 Å². The van der Waals surface area contributed by atoms with Gasteiger partial charge in [0, 0.05) is 6.54 Å². The number of ether oxygens (including phenoxy) is 1. The molecule has 1 amide bonds. The third-order valence-corrected chi connectivity index (χ3v) is 4.98. The molecule has 0 fully saturated rings. The fraction of sp³-hybridized carbons (Fsp3) is 0.500. The number of carboxylic acids is 1. The van der Waals surface area contributed by atoms with Gasteiger partial charge in [0.15, 0.2) is 5.96 Å². The summed E-state index contributed by atoms with van der Waals surface area (Å²) in [5.74, 6) is -1.48. The standard InChI is InChI=1S/C18H28N4O6S/c1-12-7-9-13(10-8-12)29(26,27)22-14(15(23)24)6-5-11-20-16(19)21-17(25)28-18(2,3)4/h7-10,14,22H,5-6,11H2,1-4H3,(H,23,24)(H3,19,20,21,25)/t14-/m0/s1. The molecule has 0 aromatic heterocycles. The third kappa shape index (κ3) is 9.39. The van der Waals surface area contributed by atoms with Crippen LogP contribution < -0.4 is 15.8 Å². The van der Waals surface area contributed by atoms with Crippen LogP contribution in [0.25, 0.3) is 0 Å². The number of amides is 1. The average molecular weight is 429 g/mol. The van der Waals surface area contributed by atoms with Gasteiger partial charge < -0.3 is 15.6 Å². The van der Waals surface area contributed by atoms with E-state index in [2.05, 4.69) is 15.0 Å². The Morgan fingerprint density at radius 2 is 1.83 bits per heavy atom. The van der Waals surface area contributed by atoms with Crippen molar-refractivity contribution in [1.82, 2.24) is 10.0 Å². The third-order valence-electron chi connectivity index (χ3n) is 3.49. The van der Waals surface area contributed by atoms with Gasteiger partial charge >= 0.3 is 12.1 Å². The molecule has 0 saturated heterocycles. The van der Waals surface area contributed by atoms with Crippen LogP contribution in [-0.2, 0) is 19.6 Å². The number of hydrogen-bond acceptors (Lipinski definition) is 6. The molecule has 0 spiro atoms. The normalized spacial score (nSPS) is 13.6. The van der Waals surface area contributed by atoms with E-state index in [0.29, 0.717) is 0 Å². The van der Waals surface area contributed by atoms with Crippen LogP contribution in [0.15, 0.2) is 34.2 Å². The topological polar surface area (TPSA) is 160 Å². The van der Waals surface area contributed by atoms with E-state index < -0.39 is 33.7 Å². The van der Waals surface area contributed by atoms with E-state index in [1.165, 1.54) is 12.1 Å². The predicted octanol–water partition coefficient (Wildman–Crippen LogP) is 1.35. The SMILES string of the molecule is Cc1ccc(S(=O)(=O)N[C@@H](CCCN=C(N)NC(=O)OC(C)(C)C)C(=O)O)cc1. The molecule has 0 aliphatic heterocycles. The molecule has 5 N–H and O–H groups in total. The molecule has 1 aromatic rings. The maximum atomic E-state index is 12.4. The zero-order valence-electron chi connectivity index (χ0n) is 16.9. The Morgan fingerprint density at radius 1 is 1.24 bits per heavy atom. The Kier molecular flexibility index (Phi) is 8.59. The van der Waals surface area contributed by atoms with Gasteiger partial charge in [0.1, 0.15) is 11.6 Å². The second-order valence-corrected chi connectivity index (χ2v) is 9.08. The molecular formula is C18H28N4O6S. The van der Waals surface area contributed by atoms with Gasteiger partial charge in [-0.1, -0.05) is 17.7 Å². The number of carbonyl (C=O) groups excluding carboxylic acids is 1. The van der Waals surface area contributed by atoms with Gasteiger partial charge in [-0.2, -0.15) is 4.72 Å². The number of aryl methyl sites for hydroxylation is 1. The molecule has 0 aliphatic rings. The van der Waals surface area contributed by atoms with Crippen molar-refractivity contribution in [3.05, 3.63) is 29.8 Å². The summed E-state index contributed by atoms with van der Waals surface area (Å²) in [6.07, 6.45) is -0.540. The molecule has 162 valence electrons. The van der Waals surface area contributed by atoms with E-state index in [4.69, 9.17) is 10.5 Å². The van der Waals surface area contributed by atoms with E-state index in [1.54, 1.807) is 32.9 Å². The van der Waals surface area contributed by atoms with Crippen LogP contribution >= 0.6 is 0 Å². The molecule has 0 aliphatic carbocycles. The number of rotatable bonds is 8. The number of guanidine groups is 1. The lowest BCUT2D eigenvalue weighted by molar-refractivity contribution is -0.139. The minimum atomic E-state index is -3.97. The number of carboxylic acid groups (broad SMARTS) is 1. The number of hydrogen-bond donors (Lipinski definition) is 4. The van der Waals surface area contributed by atoms with Gasteiger partial charge in [0.2, 0.25) is 10.0 Å². The second-order valence-electron chi connectivity index (χ2n) is 7.36. The van der Waals surface area contributed by atoms with Gasteiger partial charge in [-0.3, -0.25) is 15.1 Å². The summed E-state index contributed by atoms with van der Waals surface area (Å²) in [4.78, 5) is 26.9. The summed E-state index contributed by atoms with van der Waals surface area (Å²) in [5, 5.41) is 11.6. The van der Waals surface area contributed by atoms with Crippen molar-refractivity contribution < 1.29 is 27.9 Å². The van der Waals surface area contributed by atoms with Gasteiger partial charge in [0.25, 0.3) is 0 Å². The van der Waals surface area contributed by atoms with Crippen molar-refractivity contribution in [3.8, 4) is 0 Å². The first-order valence-corrected chi connectivity index (χ1v) is 10.4. The molecule has 10 nitrogen and oxygen atoms in total. The summed E-state index contributed by atoms with van der Waals surface area (Å²) >= 11 is 0. The van der Waals surface area contributed by atoms with Crippen molar-refractivity contribution in [2.24, 2.45) is 10.7 Å². The van der Waals surface area contributed by atoms with E-state index in [0.717, 1.165) is 5.56 Å². The fourth-order valence-electron chi connectivity index (χ4n) is 2.15. The lowest BCUT2D eigenvalue weighted by atomic mass is 10.2. The van der Waals surface area contributed by atoms with E-state index >= 15 is 0 Å². The monoisotopic (exact) mass is 428 g/mol. The number of alkyl carbamates (subject to hydrolysis) is 1. The van der Waals surface area contributed by atoms with Crippen molar-refractivity contribution in [2.45, 2.75) is 57.1 Å². The smallest absolute Gasteiger partial charge is 0.414 e. The van der Waals surface area contributed by atoms with Gasteiger partial charge in [-0.15, -0.1) is 0 Å². The summed E-state index contributed by atoms with van der Waals surface area (Å²) in [7, 11) is -3.97. The lowest BCUT2D eigenvalue weighted by Gasteiger charge is -2.19. The quantitative estimate of drug-likeness (QED) is 0.276. The van der Waals surface area contributed by atoms with Crippen LogP contribution in [0.4, 0.5) is 4.79 Å². The first kappa shape index (κ1) is 24.4. The lowest BCUT2D eigenvalue weighted by Crippen LogP contribution is -2.41. The molecule has 0 radical (unpaired) electrons. The second kappa shape index (κ2) is 10.2. The summed E-state index contributed by atoms with van der Waals surface area (Å²) in [6.45, 7) is 7.00. The highest BCUT2D eigenvalue weighted by Gasteiger charge is 2.25. The van der Waals surface area contributed by atoms with Crippen molar-refractivity contribution in [2.75, 3.05) is 6.54 Å². The van der Waals surface area contributed by atoms with Crippen LogP contribution in [-0.4, -0.2) is 49.7 Å². The Labute approximate surface area is 170 Å². The number of nitrogens with two attached hydrogens (primary N) is 1. The maximum Gasteiger partial charge on any atom is 0.414 e. The molecule has 1 rings (SSSR count).